The van der Waals surface area contributed by atoms with Crippen LogP contribution >= 0.6 is 0 Å². The largest absolute Gasteiger partial charge is 0.416 e. The van der Waals surface area contributed by atoms with Crippen LogP contribution in [0.3, 0.4) is 0 Å². The maximum atomic E-state index is 13.3. The lowest BCUT2D eigenvalue weighted by Gasteiger charge is -2.15. The molecule has 37 heavy (non-hydrogen) atoms. The Bertz CT molecular complexity index is 1540. The van der Waals surface area contributed by atoms with Crippen LogP contribution in [-0.2, 0) is 19.8 Å². The third kappa shape index (κ3) is 5.10. The Kier molecular flexibility index (Phi) is 6.51. The predicted molar refractivity (Wildman–Crippen MR) is 134 cm³/mol. The van der Waals surface area contributed by atoms with Gasteiger partial charge in [-0.2, -0.15) is 13.2 Å². The van der Waals surface area contributed by atoms with Crippen molar-refractivity contribution < 1.29 is 18.0 Å². The minimum Gasteiger partial charge on any atom is -0.319 e. The number of hydrogen-bond donors (Lipinski definition) is 1. The lowest BCUT2D eigenvalue weighted by Crippen LogP contribution is -2.22. The van der Waals surface area contributed by atoms with Gasteiger partial charge in [0.25, 0.3) is 11.5 Å². The standard InChI is InChI=1S/C27H24F3N5O2/c1-34-24(17-7-4-8-18(15-17)27(28,29)30)33-23-20(26(34)37)10-6-11-21(23)32-25(36)22-12-5-9-19(31-22)16-35-13-2-3-14-35/h4-12,15H,2-3,13-14,16H2,1H3,(H,32,36). The van der Waals surface area contributed by atoms with Gasteiger partial charge in [0.1, 0.15) is 17.0 Å². The van der Waals surface area contributed by atoms with E-state index in [0.29, 0.717) is 6.54 Å². The Morgan fingerprint density at radius 2 is 1.73 bits per heavy atom. The average molecular weight is 508 g/mol. The minimum absolute atomic E-state index is 0.0519. The molecule has 2 aromatic heterocycles. The Hall–Kier alpha value is -4.05. The summed E-state index contributed by atoms with van der Waals surface area (Å²) in [4.78, 5) is 37.5. The van der Waals surface area contributed by atoms with E-state index in [2.05, 4.69) is 20.2 Å². The number of likely N-dealkylation sites (tertiary alicyclic amines) is 1. The zero-order valence-electron chi connectivity index (χ0n) is 20.0. The maximum absolute atomic E-state index is 13.3. The molecule has 3 heterocycles. The monoisotopic (exact) mass is 507 g/mol. The Labute approximate surface area is 210 Å². The van der Waals surface area contributed by atoms with Crippen molar-refractivity contribution in [3.05, 3.63) is 88.0 Å². The predicted octanol–water partition coefficient (Wildman–Crippen LogP) is 4.86. The number of pyridine rings is 1. The number of rotatable bonds is 5. The van der Waals surface area contributed by atoms with Gasteiger partial charge in [-0.25, -0.2) is 9.97 Å². The van der Waals surface area contributed by atoms with Gasteiger partial charge in [0.2, 0.25) is 0 Å². The van der Waals surface area contributed by atoms with Crippen molar-refractivity contribution >= 4 is 22.5 Å². The van der Waals surface area contributed by atoms with Crippen molar-refractivity contribution in [1.82, 2.24) is 19.4 Å². The molecule has 190 valence electrons. The summed E-state index contributed by atoms with van der Waals surface area (Å²) in [6, 6.07) is 14.7. The molecule has 0 saturated carbocycles. The fourth-order valence-electron chi connectivity index (χ4n) is 4.54. The van der Waals surface area contributed by atoms with E-state index >= 15 is 0 Å². The van der Waals surface area contributed by atoms with E-state index in [9.17, 15) is 22.8 Å². The second-order valence-electron chi connectivity index (χ2n) is 9.03. The molecule has 0 atom stereocenters. The number of halogens is 3. The van der Waals surface area contributed by atoms with Gasteiger partial charge in [0.05, 0.1) is 22.3 Å². The molecule has 1 aliphatic heterocycles. The van der Waals surface area contributed by atoms with Crippen molar-refractivity contribution in [2.75, 3.05) is 18.4 Å². The molecule has 1 N–H and O–H groups in total. The molecule has 0 bridgehead atoms. The molecule has 0 spiro atoms. The van der Waals surface area contributed by atoms with Crippen LogP contribution in [0.15, 0.2) is 65.5 Å². The van der Waals surface area contributed by atoms with Crippen LogP contribution in [0.4, 0.5) is 18.9 Å². The van der Waals surface area contributed by atoms with Gasteiger partial charge in [0, 0.05) is 19.2 Å². The molecule has 1 fully saturated rings. The highest BCUT2D eigenvalue weighted by Crippen LogP contribution is 2.32. The first kappa shape index (κ1) is 24.6. The van der Waals surface area contributed by atoms with E-state index < -0.39 is 23.2 Å². The molecule has 0 radical (unpaired) electrons. The van der Waals surface area contributed by atoms with Crippen LogP contribution in [0.5, 0.6) is 0 Å². The van der Waals surface area contributed by atoms with E-state index in [1.165, 1.54) is 23.7 Å². The van der Waals surface area contributed by atoms with Gasteiger partial charge in [0.15, 0.2) is 0 Å². The number of nitrogens with one attached hydrogen (secondary N) is 1. The number of anilines is 1. The topological polar surface area (TPSA) is 80.1 Å². The molecule has 1 aliphatic rings. The van der Waals surface area contributed by atoms with Crippen molar-refractivity contribution in [2.24, 2.45) is 7.05 Å². The van der Waals surface area contributed by atoms with Crippen molar-refractivity contribution in [3.63, 3.8) is 0 Å². The van der Waals surface area contributed by atoms with Crippen molar-refractivity contribution in [2.45, 2.75) is 25.6 Å². The van der Waals surface area contributed by atoms with Gasteiger partial charge >= 0.3 is 6.18 Å². The number of alkyl halides is 3. The first-order valence-electron chi connectivity index (χ1n) is 11.9. The van der Waals surface area contributed by atoms with Gasteiger partial charge in [-0.15, -0.1) is 0 Å². The molecule has 7 nitrogen and oxygen atoms in total. The fraction of sp³-hybridized carbons (Fsp3) is 0.259. The third-order valence-electron chi connectivity index (χ3n) is 6.43. The summed E-state index contributed by atoms with van der Waals surface area (Å²) in [6.45, 7) is 2.67. The molecule has 4 aromatic rings. The molecule has 5 rings (SSSR count). The van der Waals surface area contributed by atoms with Gasteiger partial charge in [-0.05, 0) is 62.3 Å². The lowest BCUT2D eigenvalue weighted by molar-refractivity contribution is -0.137. The molecule has 0 aliphatic carbocycles. The lowest BCUT2D eigenvalue weighted by atomic mass is 10.1. The van der Waals surface area contributed by atoms with Crippen LogP contribution in [0.1, 0.15) is 34.6 Å². The van der Waals surface area contributed by atoms with E-state index in [1.54, 1.807) is 30.3 Å². The zero-order valence-corrected chi connectivity index (χ0v) is 20.0. The number of benzene rings is 2. The smallest absolute Gasteiger partial charge is 0.319 e. The fourth-order valence-corrected chi connectivity index (χ4v) is 4.54. The highest BCUT2D eigenvalue weighted by molar-refractivity contribution is 6.07. The van der Waals surface area contributed by atoms with E-state index in [0.717, 1.165) is 43.8 Å². The molecule has 2 aromatic carbocycles. The van der Waals surface area contributed by atoms with E-state index in [1.807, 2.05) is 6.07 Å². The SMILES string of the molecule is Cn1c(-c2cccc(C(F)(F)F)c2)nc2c(NC(=O)c3cccc(CN4CCCC4)n3)cccc2c1=O. The Morgan fingerprint density at radius 1 is 1.00 bits per heavy atom. The summed E-state index contributed by atoms with van der Waals surface area (Å²) in [5.41, 5.74) is 0.287. The third-order valence-corrected chi connectivity index (χ3v) is 6.43. The Morgan fingerprint density at radius 3 is 2.49 bits per heavy atom. The van der Waals surface area contributed by atoms with Gasteiger partial charge in [-0.1, -0.05) is 24.3 Å². The molecule has 1 amide bonds. The van der Waals surface area contributed by atoms with E-state index in [-0.39, 0.29) is 33.7 Å². The number of fused-ring (bicyclic) bond motifs is 1. The van der Waals surface area contributed by atoms with Gasteiger partial charge < -0.3 is 5.32 Å². The second-order valence-corrected chi connectivity index (χ2v) is 9.03. The van der Waals surface area contributed by atoms with Crippen molar-refractivity contribution in [1.29, 1.82) is 0 Å². The number of amides is 1. The number of hydrogen-bond acceptors (Lipinski definition) is 5. The first-order chi connectivity index (χ1) is 17.7. The highest BCUT2D eigenvalue weighted by Gasteiger charge is 2.31. The van der Waals surface area contributed by atoms with Gasteiger partial charge in [-0.3, -0.25) is 19.1 Å². The summed E-state index contributed by atoms with van der Waals surface area (Å²) < 4.78 is 41.0. The number of aromatic nitrogens is 3. The molecule has 10 heteroatoms. The number of carbonyl (C=O) groups is 1. The summed E-state index contributed by atoms with van der Waals surface area (Å²) in [7, 11) is 1.45. The molecular weight excluding hydrogens is 483 g/mol. The minimum atomic E-state index is -4.54. The average Bonchev–Trinajstić information content (AvgIpc) is 3.39. The Balaban J connectivity index is 1.50. The van der Waals surface area contributed by atoms with Crippen LogP contribution < -0.4 is 10.9 Å². The van der Waals surface area contributed by atoms with Crippen LogP contribution in [0.2, 0.25) is 0 Å². The second kappa shape index (κ2) is 9.78. The van der Waals surface area contributed by atoms with Crippen molar-refractivity contribution in [3.8, 4) is 11.4 Å². The molecule has 0 unspecified atom stereocenters. The summed E-state index contributed by atoms with van der Waals surface area (Å²) >= 11 is 0. The van der Waals surface area contributed by atoms with E-state index in [4.69, 9.17) is 0 Å². The van der Waals surface area contributed by atoms with Crippen LogP contribution in [0, 0.1) is 0 Å². The zero-order chi connectivity index (χ0) is 26.2. The summed E-state index contributed by atoms with van der Waals surface area (Å²) in [6.07, 6.45) is -2.24. The summed E-state index contributed by atoms with van der Waals surface area (Å²) in [5, 5.41) is 3.01. The van der Waals surface area contributed by atoms with Crippen LogP contribution in [-0.4, -0.2) is 38.4 Å². The first-order valence-corrected chi connectivity index (χ1v) is 11.9. The van der Waals surface area contributed by atoms with Crippen LogP contribution in [0.25, 0.3) is 22.3 Å². The quantitative estimate of drug-likeness (QED) is 0.417. The molecular formula is C27H24F3N5O2. The summed E-state index contributed by atoms with van der Waals surface area (Å²) in [5.74, 6) is -0.421. The highest BCUT2D eigenvalue weighted by atomic mass is 19.4. The number of para-hydroxylation sites is 1. The number of nitrogens with zero attached hydrogens (tertiary/aromatic N) is 4. The normalized spacial score (nSPS) is 14.3. The maximum Gasteiger partial charge on any atom is 0.416 e. The molecule has 1 saturated heterocycles. The number of carbonyl (C=O) groups excluding carboxylic acids is 1.